The van der Waals surface area contributed by atoms with Crippen LogP contribution in [0.4, 0.5) is 0 Å². The third-order valence-electron chi connectivity index (χ3n) is 0.826. The Labute approximate surface area is 77.3 Å². The number of hydrogen-bond acceptors (Lipinski definition) is 4. The molecule has 0 bridgehead atoms. The second kappa shape index (κ2) is 5.37. The maximum Gasteiger partial charge on any atom is 0.331 e. The van der Waals surface area contributed by atoms with Gasteiger partial charge in [-0.25, -0.2) is 4.79 Å². The minimum Gasteiger partial charge on any atom is -0.466 e. The van der Waals surface area contributed by atoms with Crippen molar-refractivity contribution in [1.29, 1.82) is 0 Å². The molecule has 62 valence electrons. The summed E-state index contributed by atoms with van der Waals surface area (Å²) in [6, 6.07) is 0. The maximum absolute atomic E-state index is 10.8. The first-order valence-corrected chi connectivity index (χ1v) is 4.67. The fourth-order valence-electron chi connectivity index (χ4n) is 0.319. The summed E-state index contributed by atoms with van der Waals surface area (Å²) in [6.07, 6.45) is 2.73. The van der Waals surface area contributed by atoms with Crippen molar-refractivity contribution in [2.75, 3.05) is 13.4 Å². The zero-order valence-electron chi connectivity index (χ0n) is 6.09. The summed E-state index contributed by atoms with van der Waals surface area (Å²) in [5.74, 6) is -0.542. The summed E-state index contributed by atoms with van der Waals surface area (Å²) in [7, 11) is 1.25. The van der Waals surface area contributed by atoms with Crippen molar-refractivity contribution < 1.29 is 14.3 Å². The summed E-state index contributed by atoms with van der Waals surface area (Å²) in [6.45, 7) is 0. The lowest BCUT2D eigenvalue weighted by molar-refractivity contribution is -0.135. The second-order valence-corrected chi connectivity index (χ2v) is 3.14. The fourth-order valence-corrected chi connectivity index (χ4v) is 1.25. The van der Waals surface area contributed by atoms with E-state index in [9.17, 15) is 9.59 Å². The van der Waals surface area contributed by atoms with Crippen LogP contribution in [0.5, 0.6) is 0 Å². The predicted molar refractivity (Wildman–Crippen MR) is 47.5 cm³/mol. The van der Waals surface area contributed by atoms with Gasteiger partial charge in [-0.15, -0.1) is 0 Å². The van der Waals surface area contributed by atoms with Gasteiger partial charge in [-0.3, -0.25) is 4.79 Å². The van der Waals surface area contributed by atoms with E-state index in [0.29, 0.717) is 0 Å². The van der Waals surface area contributed by atoms with Crippen LogP contribution in [0, 0.1) is 0 Å². The highest BCUT2D eigenvalue weighted by Crippen LogP contribution is 2.13. The minimum absolute atomic E-state index is 0.199. The molecular weight excluding hydrogens is 232 g/mol. The largest absolute Gasteiger partial charge is 0.466 e. The molecule has 0 aromatic carbocycles. The van der Waals surface area contributed by atoms with Gasteiger partial charge < -0.3 is 4.74 Å². The number of hydrogen-bond donors (Lipinski definition) is 0. The van der Waals surface area contributed by atoms with Gasteiger partial charge in [-0.05, 0) is 22.2 Å². The van der Waals surface area contributed by atoms with Crippen LogP contribution >= 0.6 is 27.7 Å². The molecule has 0 aliphatic carbocycles. The van der Waals surface area contributed by atoms with Gasteiger partial charge in [0.15, 0.2) is 0 Å². The summed E-state index contributed by atoms with van der Waals surface area (Å²) in [4.78, 5) is 21.4. The number of thioether (sulfide) groups is 1. The van der Waals surface area contributed by atoms with Crippen molar-refractivity contribution in [2.45, 2.75) is 0 Å². The molecule has 0 aromatic rings. The standard InChI is InChI=1S/C6H7BrO3S/c1-10-5(8)3-4(7)6(9)11-2/h3H,1-2H3/b4-3+. The van der Waals surface area contributed by atoms with Crippen molar-refractivity contribution in [3.05, 3.63) is 10.6 Å². The topological polar surface area (TPSA) is 43.4 Å². The molecule has 3 nitrogen and oxygen atoms in total. The number of esters is 1. The predicted octanol–water partition coefficient (Wildman–Crippen LogP) is 1.33. The van der Waals surface area contributed by atoms with E-state index < -0.39 is 5.97 Å². The van der Waals surface area contributed by atoms with Crippen molar-refractivity contribution in [2.24, 2.45) is 0 Å². The van der Waals surface area contributed by atoms with Gasteiger partial charge in [-0.1, -0.05) is 11.8 Å². The van der Waals surface area contributed by atoms with Gasteiger partial charge in [0.1, 0.15) is 0 Å². The molecule has 0 unspecified atom stereocenters. The van der Waals surface area contributed by atoms with Crippen molar-refractivity contribution in [3.63, 3.8) is 0 Å². The van der Waals surface area contributed by atoms with Crippen molar-refractivity contribution in [3.8, 4) is 0 Å². The summed E-state index contributed by atoms with van der Waals surface area (Å²) in [5, 5.41) is -0.199. The molecule has 11 heavy (non-hydrogen) atoms. The molecule has 0 saturated carbocycles. The molecule has 0 atom stereocenters. The van der Waals surface area contributed by atoms with E-state index in [1.165, 1.54) is 7.11 Å². The highest BCUT2D eigenvalue weighted by atomic mass is 79.9. The van der Waals surface area contributed by atoms with Crippen LogP contribution in [0.25, 0.3) is 0 Å². The van der Waals surface area contributed by atoms with Crippen LogP contribution in [0.2, 0.25) is 0 Å². The number of halogens is 1. The molecule has 0 amide bonds. The van der Waals surface area contributed by atoms with Gasteiger partial charge >= 0.3 is 5.97 Å². The van der Waals surface area contributed by atoms with Gasteiger partial charge in [0.25, 0.3) is 0 Å². The van der Waals surface area contributed by atoms with Crippen LogP contribution in [-0.2, 0) is 14.3 Å². The molecule has 0 aliphatic rings. The maximum atomic E-state index is 10.8. The van der Waals surface area contributed by atoms with Gasteiger partial charge in [0, 0.05) is 6.08 Å². The summed E-state index contributed by atoms with van der Waals surface area (Å²) < 4.78 is 4.53. The van der Waals surface area contributed by atoms with E-state index in [1.807, 2.05) is 0 Å². The molecule has 0 heterocycles. The molecule has 0 N–H and O–H groups in total. The average molecular weight is 239 g/mol. The first kappa shape index (κ1) is 10.7. The average Bonchev–Trinajstić information content (AvgIpc) is 2.02. The minimum atomic E-state index is -0.542. The fraction of sp³-hybridized carbons (Fsp3) is 0.333. The van der Waals surface area contributed by atoms with E-state index >= 15 is 0 Å². The van der Waals surface area contributed by atoms with Crippen LogP contribution in [0.15, 0.2) is 10.6 Å². The Morgan fingerprint density at radius 1 is 1.55 bits per heavy atom. The molecule has 0 rings (SSSR count). The third kappa shape index (κ3) is 4.21. The van der Waals surface area contributed by atoms with Gasteiger partial charge in [-0.2, -0.15) is 0 Å². The van der Waals surface area contributed by atoms with E-state index in [0.717, 1.165) is 17.8 Å². The zero-order valence-corrected chi connectivity index (χ0v) is 8.49. The summed E-state index contributed by atoms with van der Waals surface area (Å²) in [5.41, 5.74) is 0. The Balaban J connectivity index is 4.21. The van der Waals surface area contributed by atoms with Crippen LogP contribution < -0.4 is 0 Å². The van der Waals surface area contributed by atoms with Crippen molar-refractivity contribution in [1.82, 2.24) is 0 Å². The molecule has 0 spiro atoms. The number of methoxy groups -OCH3 is 1. The van der Waals surface area contributed by atoms with E-state index in [1.54, 1.807) is 6.26 Å². The first-order valence-electron chi connectivity index (χ1n) is 2.65. The lowest BCUT2D eigenvalue weighted by Crippen LogP contribution is -1.98. The summed E-state index contributed by atoms with van der Waals surface area (Å²) >= 11 is 3.96. The Kier molecular flexibility index (Phi) is 5.23. The second-order valence-electron chi connectivity index (χ2n) is 1.51. The van der Waals surface area contributed by atoms with E-state index in [-0.39, 0.29) is 9.60 Å². The Bertz CT molecular complexity index is 200. The van der Waals surface area contributed by atoms with Crippen LogP contribution in [-0.4, -0.2) is 24.5 Å². The highest BCUT2D eigenvalue weighted by molar-refractivity contribution is 9.12. The van der Waals surface area contributed by atoms with Crippen LogP contribution in [0.1, 0.15) is 0 Å². The molecule has 0 fully saturated rings. The van der Waals surface area contributed by atoms with Crippen molar-refractivity contribution >= 4 is 38.8 Å². The lowest BCUT2D eigenvalue weighted by atomic mass is 10.5. The molecule has 0 saturated heterocycles. The molecule has 0 aromatic heterocycles. The molecule has 0 radical (unpaired) electrons. The Morgan fingerprint density at radius 3 is 2.45 bits per heavy atom. The first-order chi connectivity index (χ1) is 5.11. The van der Waals surface area contributed by atoms with E-state index in [2.05, 4.69) is 20.7 Å². The highest BCUT2D eigenvalue weighted by Gasteiger charge is 2.05. The number of carbonyl (C=O) groups excluding carboxylic acids is 2. The molecule has 0 aliphatic heterocycles. The molecular formula is C6H7BrO3S. The molecule has 5 heteroatoms. The number of rotatable bonds is 2. The monoisotopic (exact) mass is 238 g/mol. The Morgan fingerprint density at radius 2 is 2.09 bits per heavy atom. The smallest absolute Gasteiger partial charge is 0.331 e. The Hall–Kier alpha value is -0.290. The number of carbonyl (C=O) groups is 2. The normalized spacial score (nSPS) is 11.0. The zero-order chi connectivity index (χ0) is 8.85. The van der Waals surface area contributed by atoms with E-state index in [4.69, 9.17) is 0 Å². The lowest BCUT2D eigenvalue weighted by Gasteiger charge is -1.93. The quantitative estimate of drug-likeness (QED) is 0.538. The number of ether oxygens (including phenoxy) is 1. The third-order valence-corrected chi connectivity index (χ3v) is 2.27. The van der Waals surface area contributed by atoms with Gasteiger partial charge in [0.05, 0.1) is 11.6 Å². The SMILES string of the molecule is COC(=O)/C=C(/Br)C(=O)SC. The van der Waals surface area contributed by atoms with Gasteiger partial charge in [0.2, 0.25) is 5.12 Å². The van der Waals surface area contributed by atoms with Crippen LogP contribution in [0.3, 0.4) is 0 Å².